The second kappa shape index (κ2) is 13.4. The van der Waals surface area contributed by atoms with Gasteiger partial charge in [0.25, 0.3) is 0 Å². The van der Waals surface area contributed by atoms with Crippen molar-refractivity contribution in [3.8, 4) is 0 Å². The first kappa shape index (κ1) is 23.0. The van der Waals surface area contributed by atoms with Gasteiger partial charge >= 0.3 is 0 Å². The van der Waals surface area contributed by atoms with E-state index in [1.807, 2.05) is 27.7 Å². The Hall–Kier alpha value is -1.30. The Morgan fingerprint density at radius 3 is 1.59 bits per heavy atom. The lowest BCUT2D eigenvalue weighted by Crippen LogP contribution is -1.90. The van der Waals surface area contributed by atoms with Crippen LogP contribution in [0.4, 0.5) is 0 Å². The molecule has 0 aromatic heterocycles. The smallest absolute Gasteiger partial charge is 0.0187 e. The van der Waals surface area contributed by atoms with Crippen molar-refractivity contribution in [2.45, 2.75) is 75.2 Å². The molecule has 0 heteroatoms. The maximum Gasteiger partial charge on any atom is -0.0187 e. The summed E-state index contributed by atoms with van der Waals surface area (Å²) in [5.74, 6) is 1.17. The Morgan fingerprint density at radius 1 is 0.818 bits per heavy atom. The van der Waals surface area contributed by atoms with Crippen molar-refractivity contribution < 1.29 is 0 Å². The Kier molecular flexibility index (Phi) is 14.0. The molecule has 1 rings (SSSR count). The minimum atomic E-state index is 0.570. The Balaban J connectivity index is 0. The van der Waals surface area contributed by atoms with Gasteiger partial charge in [-0.2, -0.15) is 0 Å². The third-order valence-electron chi connectivity index (χ3n) is 2.87. The largest absolute Gasteiger partial charge is 0.0758 e. The van der Waals surface area contributed by atoms with Crippen LogP contribution in [0.25, 0.3) is 5.57 Å². The van der Waals surface area contributed by atoms with Gasteiger partial charge in [0.15, 0.2) is 0 Å². The van der Waals surface area contributed by atoms with E-state index in [2.05, 4.69) is 78.0 Å². The summed E-state index contributed by atoms with van der Waals surface area (Å²) in [7, 11) is 0. The van der Waals surface area contributed by atoms with Gasteiger partial charge in [-0.05, 0) is 42.4 Å². The topological polar surface area (TPSA) is 0 Å². The second-order valence-electron chi connectivity index (χ2n) is 5.86. The van der Waals surface area contributed by atoms with Crippen molar-refractivity contribution in [1.29, 1.82) is 0 Å². The quantitative estimate of drug-likeness (QED) is 0.496. The average Bonchev–Trinajstić information content (AvgIpc) is 2.50. The summed E-state index contributed by atoms with van der Waals surface area (Å²) in [5.41, 5.74) is 5.39. The summed E-state index contributed by atoms with van der Waals surface area (Å²) >= 11 is 0. The molecule has 0 N–H and O–H groups in total. The molecule has 0 aliphatic heterocycles. The molecule has 0 aliphatic carbocycles. The summed E-state index contributed by atoms with van der Waals surface area (Å²) < 4.78 is 0. The molecule has 0 atom stereocenters. The Labute approximate surface area is 140 Å². The van der Waals surface area contributed by atoms with E-state index in [9.17, 15) is 0 Å². The molecule has 0 aliphatic rings. The number of hydrogen-bond donors (Lipinski definition) is 0. The Morgan fingerprint density at radius 2 is 1.27 bits per heavy atom. The van der Waals surface area contributed by atoms with Crippen LogP contribution in [0.15, 0.2) is 42.0 Å². The third-order valence-corrected chi connectivity index (χ3v) is 2.87. The van der Waals surface area contributed by atoms with Gasteiger partial charge < -0.3 is 0 Å². The highest BCUT2D eigenvalue weighted by Gasteiger charge is 2.02. The minimum Gasteiger partial charge on any atom is -0.0758 e. The molecule has 0 spiro atoms. The lowest BCUT2D eigenvalue weighted by atomic mass is 9.96. The Bertz CT molecular complexity index is 424. The molecule has 0 amide bonds. The fraction of sp³-hybridized carbons (Fsp3) is 0.545. The van der Waals surface area contributed by atoms with Crippen molar-refractivity contribution in [1.82, 2.24) is 0 Å². The van der Waals surface area contributed by atoms with Crippen molar-refractivity contribution in [3.63, 3.8) is 0 Å². The molecule has 0 radical (unpaired) electrons. The molecule has 1 aromatic rings. The van der Waals surface area contributed by atoms with E-state index in [1.54, 1.807) is 0 Å². The second-order valence-corrected chi connectivity index (χ2v) is 5.86. The number of hydrogen-bond acceptors (Lipinski definition) is 0. The molecule has 126 valence electrons. The first-order chi connectivity index (χ1) is 10.4. The van der Waals surface area contributed by atoms with Crippen molar-refractivity contribution in [3.05, 3.63) is 53.1 Å². The molecule has 0 saturated heterocycles. The van der Waals surface area contributed by atoms with E-state index in [-0.39, 0.29) is 0 Å². The predicted molar refractivity (Wildman–Crippen MR) is 105 cm³/mol. The van der Waals surface area contributed by atoms with Gasteiger partial charge in [-0.1, -0.05) is 97.4 Å². The maximum absolute atomic E-state index is 2.33. The van der Waals surface area contributed by atoms with E-state index in [1.165, 1.54) is 22.3 Å². The molecule has 1 aromatic carbocycles. The summed E-state index contributed by atoms with van der Waals surface area (Å²) in [5, 5.41) is 0. The van der Waals surface area contributed by atoms with Gasteiger partial charge in [0.05, 0.1) is 0 Å². The minimum absolute atomic E-state index is 0.570. The van der Waals surface area contributed by atoms with E-state index in [0.29, 0.717) is 11.8 Å². The zero-order valence-electron chi connectivity index (χ0n) is 16.6. The van der Waals surface area contributed by atoms with Crippen LogP contribution in [-0.4, -0.2) is 0 Å². The highest BCUT2D eigenvalue weighted by Crippen LogP contribution is 2.22. The van der Waals surface area contributed by atoms with Crippen LogP contribution in [0.2, 0.25) is 0 Å². The lowest BCUT2D eigenvalue weighted by Gasteiger charge is -2.09. The molecular formula is C22H38. The maximum atomic E-state index is 2.33. The molecule has 0 bridgehead atoms. The van der Waals surface area contributed by atoms with E-state index >= 15 is 0 Å². The molecule has 0 unspecified atom stereocenters. The summed E-state index contributed by atoms with van der Waals surface area (Å²) in [6.07, 6.45) is 4.60. The van der Waals surface area contributed by atoms with Crippen LogP contribution in [0.3, 0.4) is 0 Å². The summed E-state index contributed by atoms with van der Waals surface area (Å²) in [6, 6.07) is 8.96. The summed E-state index contributed by atoms with van der Waals surface area (Å²) in [4.78, 5) is 0. The third kappa shape index (κ3) is 9.60. The molecular weight excluding hydrogens is 264 g/mol. The van der Waals surface area contributed by atoms with E-state index in [0.717, 1.165) is 0 Å². The predicted octanol–water partition coefficient (Wildman–Crippen LogP) is 7.87. The van der Waals surface area contributed by atoms with Crippen LogP contribution in [0, 0.1) is 5.92 Å². The zero-order valence-corrected chi connectivity index (χ0v) is 16.6. The van der Waals surface area contributed by atoms with Crippen LogP contribution < -0.4 is 0 Å². The zero-order chi connectivity index (χ0) is 17.7. The van der Waals surface area contributed by atoms with Crippen LogP contribution in [0.5, 0.6) is 0 Å². The molecule has 0 saturated carbocycles. The fourth-order valence-corrected chi connectivity index (χ4v) is 1.96. The number of allylic oxidation sites excluding steroid dienone is 4. The van der Waals surface area contributed by atoms with Gasteiger partial charge in [0, 0.05) is 0 Å². The first-order valence-electron chi connectivity index (χ1n) is 8.87. The van der Waals surface area contributed by atoms with Crippen molar-refractivity contribution in [2.24, 2.45) is 5.92 Å². The van der Waals surface area contributed by atoms with Gasteiger partial charge in [0.1, 0.15) is 0 Å². The van der Waals surface area contributed by atoms with Gasteiger partial charge in [-0.3, -0.25) is 0 Å². The highest BCUT2D eigenvalue weighted by molar-refractivity contribution is 5.74. The first-order valence-corrected chi connectivity index (χ1v) is 8.87. The van der Waals surface area contributed by atoms with Gasteiger partial charge in [-0.15, -0.1) is 0 Å². The normalized spacial score (nSPS) is 10.5. The van der Waals surface area contributed by atoms with Crippen LogP contribution >= 0.6 is 0 Å². The monoisotopic (exact) mass is 302 g/mol. The molecule has 0 heterocycles. The van der Waals surface area contributed by atoms with Gasteiger partial charge in [0.2, 0.25) is 0 Å². The SMILES string of the molecule is CC.CC.CC(C)=C/C(=C\C(C)C)c1ccc(C(C)C)cc1. The van der Waals surface area contributed by atoms with Crippen molar-refractivity contribution >= 4 is 5.57 Å². The summed E-state index contributed by atoms with van der Waals surface area (Å²) in [6.45, 7) is 21.2. The number of rotatable bonds is 4. The van der Waals surface area contributed by atoms with Crippen molar-refractivity contribution in [2.75, 3.05) is 0 Å². The highest BCUT2D eigenvalue weighted by atomic mass is 14.1. The van der Waals surface area contributed by atoms with Gasteiger partial charge in [-0.25, -0.2) is 0 Å². The molecule has 0 fully saturated rings. The average molecular weight is 303 g/mol. The van der Waals surface area contributed by atoms with Crippen LogP contribution in [-0.2, 0) is 0 Å². The molecule has 22 heavy (non-hydrogen) atoms. The van der Waals surface area contributed by atoms with E-state index < -0.39 is 0 Å². The fourth-order valence-electron chi connectivity index (χ4n) is 1.96. The lowest BCUT2D eigenvalue weighted by molar-refractivity contribution is 0.834. The standard InChI is InChI=1S/C18H26.2C2H6/c1-13(2)11-18(12-14(3)4)17-9-7-16(8-10-17)15(5)6;2*1-2/h7-13,15H,1-6H3;2*1-2H3/b18-11+;;. The van der Waals surface area contributed by atoms with Crippen LogP contribution in [0.1, 0.15) is 86.3 Å². The molecule has 0 nitrogen and oxygen atoms in total. The number of benzene rings is 1. The van der Waals surface area contributed by atoms with E-state index in [4.69, 9.17) is 0 Å².